The predicted molar refractivity (Wildman–Crippen MR) is 82.8 cm³/mol. The van der Waals surface area contributed by atoms with Crippen LogP contribution in [0.4, 0.5) is 0 Å². The van der Waals surface area contributed by atoms with Gasteiger partial charge in [0.15, 0.2) is 0 Å². The standard InChI is InChI=1S/C14H18Cl2N4/c1-3-11-8-14(20(2)19-11)13(18-17)6-9-4-5-10(15)7-12(9)16/h4-5,7-8,13,18H,3,6,17H2,1-2H3. The Kier molecular flexibility index (Phi) is 5.05. The third kappa shape index (κ3) is 3.33. The van der Waals surface area contributed by atoms with Crippen LogP contribution in [0.25, 0.3) is 0 Å². The zero-order valence-electron chi connectivity index (χ0n) is 11.5. The molecule has 4 nitrogen and oxygen atoms in total. The highest BCUT2D eigenvalue weighted by Crippen LogP contribution is 2.26. The van der Waals surface area contributed by atoms with Gasteiger partial charge in [0, 0.05) is 17.1 Å². The van der Waals surface area contributed by atoms with Crippen molar-refractivity contribution in [1.82, 2.24) is 15.2 Å². The Labute approximate surface area is 128 Å². The summed E-state index contributed by atoms with van der Waals surface area (Å²) in [5.41, 5.74) is 5.92. The SMILES string of the molecule is CCc1cc(C(Cc2ccc(Cl)cc2Cl)NN)n(C)n1. The highest BCUT2D eigenvalue weighted by molar-refractivity contribution is 6.35. The van der Waals surface area contributed by atoms with Crippen LogP contribution < -0.4 is 11.3 Å². The Morgan fingerprint density at radius 3 is 2.65 bits per heavy atom. The van der Waals surface area contributed by atoms with Crippen molar-refractivity contribution in [3.63, 3.8) is 0 Å². The van der Waals surface area contributed by atoms with E-state index in [1.54, 1.807) is 6.07 Å². The first kappa shape index (κ1) is 15.3. The number of nitrogens with one attached hydrogen (secondary N) is 1. The number of hydrogen-bond donors (Lipinski definition) is 2. The molecule has 0 radical (unpaired) electrons. The number of hydrogen-bond acceptors (Lipinski definition) is 3. The van der Waals surface area contributed by atoms with Crippen molar-refractivity contribution in [3.8, 4) is 0 Å². The van der Waals surface area contributed by atoms with Gasteiger partial charge >= 0.3 is 0 Å². The van der Waals surface area contributed by atoms with Gasteiger partial charge in [-0.25, -0.2) is 0 Å². The largest absolute Gasteiger partial charge is 0.271 e. The second-order valence-corrected chi connectivity index (χ2v) is 5.54. The van der Waals surface area contributed by atoms with Gasteiger partial charge in [-0.3, -0.25) is 16.0 Å². The second kappa shape index (κ2) is 6.59. The molecule has 0 aliphatic heterocycles. The summed E-state index contributed by atoms with van der Waals surface area (Å²) in [6, 6.07) is 7.51. The lowest BCUT2D eigenvalue weighted by molar-refractivity contribution is 0.508. The first-order valence-corrected chi connectivity index (χ1v) is 7.23. The maximum atomic E-state index is 6.21. The Morgan fingerprint density at radius 1 is 1.35 bits per heavy atom. The van der Waals surface area contributed by atoms with Gasteiger partial charge < -0.3 is 0 Å². The summed E-state index contributed by atoms with van der Waals surface area (Å²) >= 11 is 12.1. The molecule has 3 N–H and O–H groups in total. The molecule has 0 bridgehead atoms. The molecule has 0 fully saturated rings. The van der Waals surface area contributed by atoms with Crippen LogP contribution in [0.5, 0.6) is 0 Å². The van der Waals surface area contributed by atoms with Crippen LogP contribution in [-0.2, 0) is 19.9 Å². The van der Waals surface area contributed by atoms with Crippen LogP contribution in [-0.4, -0.2) is 9.78 Å². The first-order chi connectivity index (χ1) is 9.55. The third-order valence-corrected chi connectivity index (χ3v) is 3.91. The summed E-state index contributed by atoms with van der Waals surface area (Å²) in [6.45, 7) is 2.08. The zero-order chi connectivity index (χ0) is 14.7. The van der Waals surface area contributed by atoms with Gasteiger partial charge in [-0.2, -0.15) is 5.10 Å². The molecule has 1 unspecified atom stereocenters. The molecular formula is C14H18Cl2N4. The maximum Gasteiger partial charge on any atom is 0.0669 e. The van der Waals surface area contributed by atoms with Crippen molar-refractivity contribution >= 4 is 23.2 Å². The van der Waals surface area contributed by atoms with Crippen molar-refractivity contribution < 1.29 is 0 Å². The van der Waals surface area contributed by atoms with Gasteiger partial charge in [0.05, 0.1) is 17.4 Å². The van der Waals surface area contributed by atoms with E-state index in [0.29, 0.717) is 16.5 Å². The number of aromatic nitrogens is 2. The van der Waals surface area contributed by atoms with Gasteiger partial charge in [0.2, 0.25) is 0 Å². The molecule has 0 aliphatic carbocycles. The monoisotopic (exact) mass is 312 g/mol. The molecule has 0 saturated heterocycles. The Bertz CT molecular complexity index is 595. The van der Waals surface area contributed by atoms with Crippen LogP contribution in [0.3, 0.4) is 0 Å². The molecule has 1 aromatic heterocycles. The van der Waals surface area contributed by atoms with E-state index < -0.39 is 0 Å². The highest BCUT2D eigenvalue weighted by atomic mass is 35.5. The summed E-state index contributed by atoms with van der Waals surface area (Å²) in [5, 5.41) is 5.72. The summed E-state index contributed by atoms with van der Waals surface area (Å²) < 4.78 is 1.85. The van der Waals surface area contributed by atoms with Gasteiger partial charge in [0.1, 0.15) is 0 Å². The first-order valence-electron chi connectivity index (χ1n) is 6.48. The minimum atomic E-state index is -0.0496. The van der Waals surface area contributed by atoms with Crippen molar-refractivity contribution in [2.75, 3.05) is 0 Å². The topological polar surface area (TPSA) is 55.9 Å². The quantitative estimate of drug-likeness (QED) is 0.659. The summed E-state index contributed by atoms with van der Waals surface area (Å²) in [5.74, 6) is 5.69. The van der Waals surface area contributed by atoms with Crippen LogP contribution in [0.15, 0.2) is 24.3 Å². The molecule has 2 rings (SSSR count). The molecule has 20 heavy (non-hydrogen) atoms. The van der Waals surface area contributed by atoms with Crippen LogP contribution >= 0.6 is 23.2 Å². The Hall–Kier alpha value is -1.07. The van der Waals surface area contributed by atoms with E-state index >= 15 is 0 Å². The van der Waals surface area contributed by atoms with E-state index in [9.17, 15) is 0 Å². The molecule has 6 heteroatoms. The van der Waals surface area contributed by atoms with Crippen LogP contribution in [0, 0.1) is 0 Å². The fraction of sp³-hybridized carbons (Fsp3) is 0.357. The Balaban J connectivity index is 2.26. The minimum absolute atomic E-state index is 0.0496. The van der Waals surface area contributed by atoms with E-state index in [2.05, 4.69) is 23.5 Å². The van der Waals surface area contributed by atoms with Gasteiger partial charge in [0.25, 0.3) is 0 Å². The smallest absolute Gasteiger partial charge is 0.0669 e. The minimum Gasteiger partial charge on any atom is -0.271 e. The lowest BCUT2D eigenvalue weighted by atomic mass is 10.0. The molecule has 1 aromatic carbocycles. The molecule has 1 atom stereocenters. The molecular weight excluding hydrogens is 295 g/mol. The number of hydrazine groups is 1. The normalized spacial score (nSPS) is 12.7. The van der Waals surface area contributed by atoms with Crippen LogP contribution in [0.2, 0.25) is 10.0 Å². The highest BCUT2D eigenvalue weighted by Gasteiger charge is 2.17. The molecule has 1 heterocycles. The van der Waals surface area contributed by atoms with Gasteiger partial charge in [-0.05, 0) is 36.6 Å². The molecule has 0 aliphatic rings. The van der Waals surface area contributed by atoms with E-state index in [0.717, 1.165) is 23.4 Å². The lowest BCUT2D eigenvalue weighted by Crippen LogP contribution is -2.31. The van der Waals surface area contributed by atoms with Crippen molar-refractivity contribution in [1.29, 1.82) is 0 Å². The van der Waals surface area contributed by atoms with Gasteiger partial charge in [-0.1, -0.05) is 36.2 Å². The summed E-state index contributed by atoms with van der Waals surface area (Å²) in [4.78, 5) is 0. The average molecular weight is 313 g/mol. The van der Waals surface area contributed by atoms with E-state index in [1.807, 2.05) is 23.9 Å². The lowest BCUT2D eigenvalue weighted by Gasteiger charge is -2.17. The molecule has 0 saturated carbocycles. The third-order valence-electron chi connectivity index (χ3n) is 3.33. The van der Waals surface area contributed by atoms with Gasteiger partial charge in [-0.15, -0.1) is 0 Å². The molecule has 108 valence electrons. The van der Waals surface area contributed by atoms with Crippen molar-refractivity contribution in [3.05, 3.63) is 51.3 Å². The molecule has 0 spiro atoms. The van der Waals surface area contributed by atoms with Crippen molar-refractivity contribution in [2.45, 2.75) is 25.8 Å². The number of halogens is 2. The number of benzene rings is 1. The second-order valence-electron chi connectivity index (χ2n) is 4.70. The predicted octanol–water partition coefficient (Wildman–Crippen LogP) is 3.04. The fourth-order valence-corrected chi connectivity index (χ4v) is 2.68. The van der Waals surface area contributed by atoms with Crippen molar-refractivity contribution in [2.24, 2.45) is 12.9 Å². The van der Waals surface area contributed by atoms with E-state index in [1.165, 1.54) is 0 Å². The average Bonchev–Trinajstić information content (AvgIpc) is 2.79. The Morgan fingerprint density at radius 2 is 2.10 bits per heavy atom. The molecule has 2 aromatic rings. The zero-order valence-corrected chi connectivity index (χ0v) is 13.0. The maximum absolute atomic E-state index is 6.21. The number of nitrogens with two attached hydrogens (primary N) is 1. The van der Waals surface area contributed by atoms with Crippen LogP contribution in [0.1, 0.15) is 29.9 Å². The number of aryl methyl sites for hydroxylation is 2. The number of rotatable bonds is 5. The number of nitrogens with zero attached hydrogens (tertiary/aromatic N) is 2. The van der Waals surface area contributed by atoms with E-state index in [-0.39, 0.29) is 6.04 Å². The van der Waals surface area contributed by atoms with E-state index in [4.69, 9.17) is 29.0 Å². The summed E-state index contributed by atoms with van der Waals surface area (Å²) in [6.07, 6.45) is 1.57. The fourth-order valence-electron chi connectivity index (χ4n) is 2.20. The summed E-state index contributed by atoms with van der Waals surface area (Å²) in [7, 11) is 1.92. The molecule has 0 amide bonds.